The van der Waals surface area contributed by atoms with E-state index in [-0.39, 0.29) is 18.1 Å². The number of methoxy groups -OCH3 is 1. The molecule has 0 aliphatic heterocycles. The number of nitrogens with one attached hydrogen (secondary N) is 2. The average Bonchev–Trinajstić information content (AvgIpc) is 2.79. The van der Waals surface area contributed by atoms with Crippen molar-refractivity contribution in [3.63, 3.8) is 0 Å². The van der Waals surface area contributed by atoms with Gasteiger partial charge in [-0.3, -0.25) is 14.3 Å². The maximum atomic E-state index is 12.1. The first-order valence-corrected chi connectivity index (χ1v) is 15.4. The Morgan fingerprint density at radius 3 is 1.65 bits per heavy atom. The second-order valence-corrected chi connectivity index (χ2v) is 11.2. The molecule has 7 nitrogen and oxygen atoms in total. The Bertz CT molecular complexity index is 596. The van der Waals surface area contributed by atoms with E-state index in [1.807, 2.05) is 0 Å². The first-order chi connectivity index (χ1) is 16.4. The molecular weight excluding hydrogens is 452 g/mol. The van der Waals surface area contributed by atoms with Gasteiger partial charge >= 0.3 is 0 Å². The van der Waals surface area contributed by atoms with Crippen LogP contribution in [0.3, 0.4) is 0 Å². The first kappa shape index (κ1) is 32.8. The standard InChI is InChI=1S/C26H52N2O5S/c1-3-4-5-6-7-8-9-10-11-12-13-14-16-21-26(30)28-34(31,32)24-18-15-17-20-25(29)27-22-19-23-33-2/h3-24H2,1-2H3,(H,27,29)(H,28,30). The van der Waals surface area contributed by atoms with Crippen LogP contribution in [0.25, 0.3) is 0 Å². The number of rotatable bonds is 25. The molecule has 0 radical (unpaired) electrons. The average molecular weight is 505 g/mol. The molecular formula is C26H52N2O5S. The number of ether oxygens (including phenoxy) is 1. The van der Waals surface area contributed by atoms with Gasteiger partial charge in [0, 0.05) is 33.1 Å². The first-order valence-electron chi connectivity index (χ1n) is 13.7. The van der Waals surface area contributed by atoms with Crippen molar-refractivity contribution in [1.29, 1.82) is 0 Å². The van der Waals surface area contributed by atoms with E-state index in [9.17, 15) is 18.0 Å². The van der Waals surface area contributed by atoms with Crippen molar-refractivity contribution < 1.29 is 22.7 Å². The number of sulfonamides is 1. The van der Waals surface area contributed by atoms with E-state index in [0.29, 0.717) is 38.8 Å². The summed E-state index contributed by atoms with van der Waals surface area (Å²) in [5.41, 5.74) is 0. The van der Waals surface area contributed by atoms with Crippen LogP contribution in [-0.2, 0) is 24.3 Å². The lowest BCUT2D eigenvalue weighted by molar-refractivity contribution is -0.121. The second-order valence-electron chi connectivity index (χ2n) is 9.34. The van der Waals surface area contributed by atoms with Crippen LogP contribution in [0.15, 0.2) is 0 Å². The number of unbranched alkanes of at least 4 members (excludes halogenated alkanes) is 14. The fourth-order valence-electron chi connectivity index (χ4n) is 3.87. The maximum Gasteiger partial charge on any atom is 0.234 e. The molecule has 8 heteroatoms. The Kier molecular flexibility index (Phi) is 22.8. The van der Waals surface area contributed by atoms with Gasteiger partial charge in [0.2, 0.25) is 21.8 Å². The highest BCUT2D eigenvalue weighted by molar-refractivity contribution is 7.90. The molecule has 0 aliphatic rings. The lowest BCUT2D eigenvalue weighted by Crippen LogP contribution is -2.32. The predicted molar refractivity (Wildman–Crippen MR) is 140 cm³/mol. The minimum absolute atomic E-state index is 0.0231. The van der Waals surface area contributed by atoms with Gasteiger partial charge in [-0.1, -0.05) is 90.4 Å². The molecule has 34 heavy (non-hydrogen) atoms. The molecule has 0 aromatic rings. The number of hydrogen-bond donors (Lipinski definition) is 2. The van der Waals surface area contributed by atoms with Crippen LogP contribution in [0.5, 0.6) is 0 Å². The summed E-state index contributed by atoms with van der Waals surface area (Å²) in [6.45, 7) is 3.45. The fraction of sp³-hybridized carbons (Fsp3) is 0.923. The molecule has 0 spiro atoms. The summed E-state index contributed by atoms with van der Waals surface area (Å²) < 4.78 is 31.2. The monoisotopic (exact) mass is 504 g/mol. The zero-order chi connectivity index (χ0) is 25.3. The van der Waals surface area contributed by atoms with E-state index >= 15 is 0 Å². The van der Waals surface area contributed by atoms with Crippen LogP contribution in [0.1, 0.15) is 129 Å². The van der Waals surface area contributed by atoms with Crippen molar-refractivity contribution in [3.05, 3.63) is 0 Å². The van der Waals surface area contributed by atoms with Crippen LogP contribution in [-0.4, -0.2) is 46.2 Å². The van der Waals surface area contributed by atoms with Gasteiger partial charge in [0.15, 0.2) is 0 Å². The molecule has 0 unspecified atom stereocenters. The molecule has 0 rings (SSSR count). The molecule has 0 saturated carbocycles. The van der Waals surface area contributed by atoms with Crippen LogP contribution >= 0.6 is 0 Å². The normalized spacial score (nSPS) is 11.5. The molecule has 0 heterocycles. The van der Waals surface area contributed by atoms with Crippen molar-refractivity contribution >= 4 is 21.8 Å². The van der Waals surface area contributed by atoms with Crippen molar-refractivity contribution in [1.82, 2.24) is 10.0 Å². The van der Waals surface area contributed by atoms with Gasteiger partial charge in [0.05, 0.1) is 5.75 Å². The molecule has 0 aromatic heterocycles. The van der Waals surface area contributed by atoms with Crippen molar-refractivity contribution in [3.8, 4) is 0 Å². The van der Waals surface area contributed by atoms with Gasteiger partial charge in [-0.2, -0.15) is 0 Å². The fourth-order valence-corrected chi connectivity index (χ4v) is 5.00. The molecule has 2 amide bonds. The summed E-state index contributed by atoms with van der Waals surface area (Å²) in [5, 5.41) is 2.81. The highest BCUT2D eigenvalue weighted by Gasteiger charge is 2.14. The summed E-state index contributed by atoms with van der Waals surface area (Å²) in [7, 11) is -1.96. The Labute approximate surface area is 209 Å². The number of hydrogen-bond acceptors (Lipinski definition) is 5. The molecule has 2 N–H and O–H groups in total. The summed E-state index contributed by atoms with van der Waals surface area (Å²) in [6.07, 6.45) is 19.2. The van der Waals surface area contributed by atoms with E-state index in [1.54, 1.807) is 7.11 Å². The van der Waals surface area contributed by atoms with Crippen LogP contribution < -0.4 is 10.0 Å². The van der Waals surface area contributed by atoms with Gasteiger partial charge in [-0.25, -0.2) is 8.42 Å². The Morgan fingerprint density at radius 1 is 0.647 bits per heavy atom. The van der Waals surface area contributed by atoms with Gasteiger partial charge in [0.1, 0.15) is 0 Å². The zero-order valence-corrected chi connectivity index (χ0v) is 22.8. The third kappa shape index (κ3) is 24.0. The SMILES string of the molecule is CCCCCCCCCCCCCCCC(=O)NS(=O)(=O)CCCCCC(=O)NCCCOC. The minimum Gasteiger partial charge on any atom is -0.385 e. The van der Waals surface area contributed by atoms with Gasteiger partial charge < -0.3 is 10.1 Å². The van der Waals surface area contributed by atoms with E-state index < -0.39 is 15.9 Å². The molecule has 0 aromatic carbocycles. The minimum atomic E-state index is -3.58. The Hall–Kier alpha value is -1.15. The second kappa shape index (κ2) is 23.6. The zero-order valence-electron chi connectivity index (χ0n) is 22.0. The van der Waals surface area contributed by atoms with Gasteiger partial charge in [-0.05, 0) is 25.7 Å². The lowest BCUT2D eigenvalue weighted by Gasteiger charge is -2.07. The van der Waals surface area contributed by atoms with Gasteiger partial charge in [0.25, 0.3) is 0 Å². The third-order valence-corrected chi connectivity index (χ3v) is 7.31. The number of carbonyl (C=O) groups excluding carboxylic acids is 2. The third-order valence-electron chi connectivity index (χ3n) is 5.94. The quantitative estimate of drug-likeness (QED) is 0.157. The smallest absolute Gasteiger partial charge is 0.234 e. The van der Waals surface area contributed by atoms with E-state index in [1.165, 1.54) is 64.2 Å². The molecule has 202 valence electrons. The Balaban J connectivity index is 3.56. The van der Waals surface area contributed by atoms with Crippen molar-refractivity contribution in [2.24, 2.45) is 0 Å². The van der Waals surface area contributed by atoms with Crippen LogP contribution in [0.4, 0.5) is 0 Å². The summed E-state index contributed by atoms with van der Waals surface area (Å²) in [5.74, 6) is -0.504. The molecule has 0 bridgehead atoms. The predicted octanol–water partition coefficient (Wildman–Crippen LogP) is 5.63. The molecule has 0 fully saturated rings. The van der Waals surface area contributed by atoms with E-state index in [0.717, 1.165) is 25.7 Å². The van der Waals surface area contributed by atoms with Crippen molar-refractivity contribution in [2.75, 3.05) is 26.0 Å². The lowest BCUT2D eigenvalue weighted by atomic mass is 10.0. The summed E-state index contributed by atoms with van der Waals surface area (Å²) >= 11 is 0. The van der Waals surface area contributed by atoms with Crippen LogP contribution in [0, 0.1) is 0 Å². The van der Waals surface area contributed by atoms with Crippen molar-refractivity contribution in [2.45, 2.75) is 129 Å². The molecule has 0 aliphatic carbocycles. The van der Waals surface area contributed by atoms with Gasteiger partial charge in [-0.15, -0.1) is 0 Å². The molecule has 0 atom stereocenters. The molecule has 0 saturated heterocycles. The maximum absolute atomic E-state index is 12.1. The Morgan fingerprint density at radius 2 is 1.12 bits per heavy atom. The highest BCUT2D eigenvalue weighted by atomic mass is 32.2. The largest absolute Gasteiger partial charge is 0.385 e. The highest BCUT2D eigenvalue weighted by Crippen LogP contribution is 2.13. The van der Waals surface area contributed by atoms with E-state index in [2.05, 4.69) is 17.0 Å². The summed E-state index contributed by atoms with van der Waals surface area (Å²) in [4.78, 5) is 23.6. The van der Waals surface area contributed by atoms with Crippen LogP contribution in [0.2, 0.25) is 0 Å². The van der Waals surface area contributed by atoms with E-state index in [4.69, 9.17) is 4.74 Å². The number of amides is 2. The topological polar surface area (TPSA) is 102 Å². The summed E-state index contributed by atoms with van der Waals surface area (Å²) in [6, 6.07) is 0. The number of carbonyl (C=O) groups is 2.